The highest BCUT2D eigenvalue weighted by Crippen LogP contribution is 2.21. The molecule has 1 aliphatic heterocycles. The first-order valence-electron chi connectivity index (χ1n) is 7.14. The van der Waals surface area contributed by atoms with Crippen molar-refractivity contribution in [2.45, 2.75) is 13.0 Å². The zero-order chi connectivity index (χ0) is 15.2. The molecule has 1 aromatic carbocycles. The van der Waals surface area contributed by atoms with Gasteiger partial charge in [0.2, 0.25) is 0 Å². The van der Waals surface area contributed by atoms with Crippen molar-refractivity contribution in [2.24, 2.45) is 0 Å². The predicted molar refractivity (Wildman–Crippen MR) is 81.6 cm³/mol. The standard InChI is InChI=1S/C15H23N3O3/c1-11(10-18-5-7-21-8-6-18)17-15(19)12-3-4-14(20-2)13(16)9-12/h3-4,9,11H,5-8,10,16H2,1-2H3,(H,17,19). The number of carbonyl (C=O) groups excluding carboxylic acids is 1. The van der Waals surface area contributed by atoms with Crippen LogP contribution in [0.25, 0.3) is 0 Å². The summed E-state index contributed by atoms with van der Waals surface area (Å²) in [6.45, 7) is 6.16. The third kappa shape index (κ3) is 4.34. The van der Waals surface area contributed by atoms with Crippen LogP contribution in [0.2, 0.25) is 0 Å². The Morgan fingerprint density at radius 2 is 2.19 bits per heavy atom. The van der Waals surface area contributed by atoms with Crippen LogP contribution in [-0.4, -0.2) is 56.8 Å². The maximum atomic E-state index is 12.2. The fourth-order valence-electron chi connectivity index (χ4n) is 2.40. The van der Waals surface area contributed by atoms with Crippen LogP contribution in [0.4, 0.5) is 5.69 Å². The molecule has 3 N–H and O–H groups in total. The SMILES string of the molecule is COc1ccc(C(=O)NC(C)CN2CCOCC2)cc1N. The van der Waals surface area contributed by atoms with E-state index < -0.39 is 0 Å². The highest BCUT2D eigenvalue weighted by molar-refractivity contribution is 5.95. The minimum atomic E-state index is -0.120. The molecule has 6 heteroatoms. The lowest BCUT2D eigenvalue weighted by Crippen LogP contribution is -2.46. The Morgan fingerprint density at radius 1 is 1.48 bits per heavy atom. The number of hydrogen-bond donors (Lipinski definition) is 2. The van der Waals surface area contributed by atoms with Crippen molar-refractivity contribution in [2.75, 3.05) is 45.7 Å². The van der Waals surface area contributed by atoms with E-state index in [2.05, 4.69) is 10.2 Å². The highest BCUT2D eigenvalue weighted by Gasteiger charge is 2.16. The van der Waals surface area contributed by atoms with E-state index in [1.165, 1.54) is 0 Å². The Bertz CT molecular complexity index is 487. The molecular formula is C15H23N3O3. The summed E-state index contributed by atoms with van der Waals surface area (Å²) in [4.78, 5) is 14.5. The summed E-state index contributed by atoms with van der Waals surface area (Å²) >= 11 is 0. The average molecular weight is 293 g/mol. The van der Waals surface area contributed by atoms with Gasteiger partial charge in [0.05, 0.1) is 26.0 Å². The van der Waals surface area contributed by atoms with Crippen molar-refractivity contribution in [3.63, 3.8) is 0 Å². The number of methoxy groups -OCH3 is 1. The normalized spacial score (nSPS) is 17.2. The zero-order valence-electron chi connectivity index (χ0n) is 12.6. The van der Waals surface area contributed by atoms with E-state index in [9.17, 15) is 4.79 Å². The van der Waals surface area contributed by atoms with Gasteiger partial charge in [0.25, 0.3) is 5.91 Å². The van der Waals surface area contributed by atoms with Crippen LogP contribution < -0.4 is 15.8 Å². The van der Waals surface area contributed by atoms with Gasteiger partial charge in [-0.2, -0.15) is 0 Å². The van der Waals surface area contributed by atoms with Gasteiger partial charge >= 0.3 is 0 Å². The first kappa shape index (κ1) is 15.6. The molecule has 0 radical (unpaired) electrons. The minimum absolute atomic E-state index is 0.0685. The molecule has 0 saturated carbocycles. The predicted octanol–water partition coefficient (Wildman–Crippen LogP) is 0.728. The third-order valence-electron chi connectivity index (χ3n) is 3.51. The number of hydrogen-bond acceptors (Lipinski definition) is 5. The Kier molecular flexibility index (Phi) is 5.41. The zero-order valence-corrected chi connectivity index (χ0v) is 12.6. The van der Waals surface area contributed by atoms with Gasteiger partial charge in [-0.1, -0.05) is 0 Å². The Balaban J connectivity index is 1.89. The molecule has 116 valence electrons. The van der Waals surface area contributed by atoms with Crippen molar-refractivity contribution < 1.29 is 14.3 Å². The van der Waals surface area contributed by atoms with Crippen LogP contribution in [0.3, 0.4) is 0 Å². The van der Waals surface area contributed by atoms with Gasteiger partial charge in [-0.05, 0) is 25.1 Å². The lowest BCUT2D eigenvalue weighted by molar-refractivity contribution is 0.0342. The lowest BCUT2D eigenvalue weighted by atomic mass is 10.1. The molecule has 1 saturated heterocycles. The summed E-state index contributed by atoms with van der Waals surface area (Å²) in [7, 11) is 1.55. The molecular weight excluding hydrogens is 270 g/mol. The number of amides is 1. The second kappa shape index (κ2) is 7.28. The number of nitrogens with zero attached hydrogens (tertiary/aromatic N) is 1. The summed E-state index contributed by atoms with van der Waals surface area (Å²) in [6, 6.07) is 5.12. The number of ether oxygens (including phenoxy) is 2. The molecule has 0 aliphatic carbocycles. The largest absolute Gasteiger partial charge is 0.495 e. The van der Waals surface area contributed by atoms with Gasteiger partial charge in [0.15, 0.2) is 0 Å². The van der Waals surface area contributed by atoms with Crippen molar-refractivity contribution in [1.29, 1.82) is 0 Å². The Morgan fingerprint density at radius 3 is 2.81 bits per heavy atom. The maximum absolute atomic E-state index is 12.2. The Hall–Kier alpha value is -1.79. The van der Waals surface area contributed by atoms with Gasteiger partial charge < -0.3 is 20.5 Å². The summed E-state index contributed by atoms with van der Waals surface area (Å²) in [5, 5.41) is 2.99. The molecule has 6 nitrogen and oxygen atoms in total. The maximum Gasteiger partial charge on any atom is 0.251 e. The van der Waals surface area contributed by atoms with Crippen molar-refractivity contribution in [3.05, 3.63) is 23.8 Å². The fraction of sp³-hybridized carbons (Fsp3) is 0.533. The summed E-state index contributed by atoms with van der Waals surface area (Å²) in [6.07, 6.45) is 0. The quantitative estimate of drug-likeness (QED) is 0.783. The number of carbonyl (C=O) groups is 1. The van der Waals surface area contributed by atoms with Crippen LogP contribution in [-0.2, 0) is 4.74 Å². The molecule has 1 atom stereocenters. The molecule has 1 unspecified atom stereocenters. The molecule has 2 rings (SSSR count). The number of anilines is 1. The number of nitrogens with two attached hydrogens (primary N) is 1. The van der Waals surface area contributed by atoms with E-state index in [1.807, 2.05) is 6.92 Å². The fourth-order valence-corrected chi connectivity index (χ4v) is 2.40. The smallest absolute Gasteiger partial charge is 0.251 e. The molecule has 1 heterocycles. The number of rotatable bonds is 5. The topological polar surface area (TPSA) is 76.8 Å². The summed E-state index contributed by atoms with van der Waals surface area (Å²) < 4.78 is 10.4. The number of morpholine rings is 1. The van der Waals surface area contributed by atoms with Gasteiger partial charge in [0.1, 0.15) is 5.75 Å². The first-order chi connectivity index (χ1) is 10.1. The molecule has 1 amide bonds. The summed E-state index contributed by atoms with van der Waals surface area (Å²) in [5.41, 5.74) is 6.83. The van der Waals surface area contributed by atoms with Crippen LogP contribution >= 0.6 is 0 Å². The molecule has 1 aromatic rings. The van der Waals surface area contributed by atoms with Crippen molar-refractivity contribution in [1.82, 2.24) is 10.2 Å². The minimum Gasteiger partial charge on any atom is -0.495 e. The van der Waals surface area contributed by atoms with E-state index >= 15 is 0 Å². The van der Waals surface area contributed by atoms with Crippen LogP contribution in [0.5, 0.6) is 5.75 Å². The van der Waals surface area contributed by atoms with Crippen LogP contribution in [0, 0.1) is 0 Å². The van der Waals surface area contributed by atoms with Gasteiger partial charge in [-0.25, -0.2) is 0 Å². The second-order valence-corrected chi connectivity index (χ2v) is 5.24. The third-order valence-corrected chi connectivity index (χ3v) is 3.51. The van der Waals surface area contributed by atoms with E-state index in [4.69, 9.17) is 15.2 Å². The number of benzene rings is 1. The molecule has 1 fully saturated rings. The van der Waals surface area contributed by atoms with E-state index in [0.29, 0.717) is 17.0 Å². The van der Waals surface area contributed by atoms with Crippen LogP contribution in [0.1, 0.15) is 17.3 Å². The highest BCUT2D eigenvalue weighted by atomic mass is 16.5. The number of nitrogens with one attached hydrogen (secondary N) is 1. The monoisotopic (exact) mass is 293 g/mol. The van der Waals surface area contributed by atoms with E-state index in [0.717, 1.165) is 32.8 Å². The van der Waals surface area contributed by atoms with Gasteiger partial charge in [0, 0.05) is 31.2 Å². The molecule has 21 heavy (non-hydrogen) atoms. The molecule has 0 bridgehead atoms. The van der Waals surface area contributed by atoms with Gasteiger partial charge in [-0.3, -0.25) is 9.69 Å². The molecule has 0 aromatic heterocycles. The van der Waals surface area contributed by atoms with Gasteiger partial charge in [-0.15, -0.1) is 0 Å². The molecule has 1 aliphatic rings. The molecule has 0 spiro atoms. The van der Waals surface area contributed by atoms with Crippen LogP contribution in [0.15, 0.2) is 18.2 Å². The average Bonchev–Trinajstić information content (AvgIpc) is 2.48. The van der Waals surface area contributed by atoms with E-state index in [-0.39, 0.29) is 11.9 Å². The Labute approximate surface area is 125 Å². The first-order valence-corrected chi connectivity index (χ1v) is 7.14. The van der Waals surface area contributed by atoms with Crippen molar-refractivity contribution >= 4 is 11.6 Å². The number of nitrogen functional groups attached to an aromatic ring is 1. The summed E-state index contributed by atoms with van der Waals surface area (Å²) in [5.74, 6) is 0.457. The lowest BCUT2D eigenvalue weighted by Gasteiger charge is -2.29. The van der Waals surface area contributed by atoms with E-state index in [1.54, 1.807) is 25.3 Å². The second-order valence-electron chi connectivity index (χ2n) is 5.24. The van der Waals surface area contributed by atoms with Crippen molar-refractivity contribution in [3.8, 4) is 5.75 Å².